The Kier molecular flexibility index (Phi) is 5.07. The molecule has 0 spiro atoms. The van der Waals surface area contributed by atoms with E-state index in [4.69, 9.17) is 0 Å². The van der Waals surface area contributed by atoms with Crippen LogP contribution in [0.25, 0.3) is 10.8 Å². The van der Waals surface area contributed by atoms with Crippen LogP contribution in [0.2, 0.25) is 0 Å². The fourth-order valence-corrected chi connectivity index (χ4v) is 5.48. The van der Waals surface area contributed by atoms with Crippen molar-refractivity contribution in [2.45, 2.75) is 18.4 Å². The maximum atomic E-state index is 12.8. The molecule has 2 N–H and O–H groups in total. The Hall–Kier alpha value is -4.45. The Morgan fingerprint density at radius 1 is 0.971 bits per heavy atom. The first-order valence-electron chi connectivity index (χ1n) is 11.7. The van der Waals surface area contributed by atoms with Gasteiger partial charge in [0.15, 0.2) is 0 Å². The van der Waals surface area contributed by atoms with E-state index in [0.717, 1.165) is 17.7 Å². The minimum Gasteiger partial charge on any atom is -0.378 e. The number of benzene rings is 4. The maximum Gasteiger partial charge on any atom is 0.270 e. The van der Waals surface area contributed by atoms with Crippen LogP contribution in [0.5, 0.6) is 0 Å². The lowest BCUT2D eigenvalue weighted by atomic mass is 9.75. The van der Waals surface area contributed by atoms with Crippen molar-refractivity contribution >= 4 is 33.7 Å². The summed E-state index contributed by atoms with van der Waals surface area (Å²) in [5.74, 6) is 0.321. The summed E-state index contributed by atoms with van der Waals surface area (Å²) in [7, 11) is 0. The van der Waals surface area contributed by atoms with Gasteiger partial charge >= 0.3 is 0 Å². The van der Waals surface area contributed by atoms with Gasteiger partial charge in [0.1, 0.15) is 0 Å². The molecule has 0 unspecified atom stereocenters. The highest BCUT2D eigenvalue weighted by Gasteiger charge is 2.38. The predicted molar refractivity (Wildman–Crippen MR) is 138 cm³/mol. The Labute approximate surface area is 202 Å². The number of hydrogen-bond acceptors (Lipinski definition) is 4. The number of non-ortho nitro benzene ring substituents is 1. The van der Waals surface area contributed by atoms with E-state index in [1.54, 1.807) is 6.07 Å². The van der Waals surface area contributed by atoms with Crippen LogP contribution in [0, 0.1) is 16.0 Å². The molecule has 3 atom stereocenters. The summed E-state index contributed by atoms with van der Waals surface area (Å²) >= 11 is 0. The second-order valence-electron chi connectivity index (χ2n) is 9.11. The van der Waals surface area contributed by atoms with Crippen molar-refractivity contribution in [2.24, 2.45) is 5.92 Å². The highest BCUT2D eigenvalue weighted by Crippen LogP contribution is 2.51. The third-order valence-corrected chi connectivity index (χ3v) is 7.08. The van der Waals surface area contributed by atoms with Crippen molar-refractivity contribution in [1.82, 2.24) is 0 Å². The fraction of sp³-hybridized carbons (Fsp3) is 0.138. The van der Waals surface area contributed by atoms with Gasteiger partial charge < -0.3 is 10.6 Å². The van der Waals surface area contributed by atoms with Crippen LogP contribution in [0.1, 0.15) is 39.9 Å². The monoisotopic (exact) mass is 461 g/mol. The molecule has 0 bridgehead atoms. The Morgan fingerprint density at radius 3 is 2.71 bits per heavy atom. The first-order valence-corrected chi connectivity index (χ1v) is 11.7. The van der Waals surface area contributed by atoms with Crippen LogP contribution in [0.15, 0.2) is 97.1 Å². The Bertz CT molecular complexity index is 1510. The molecular formula is C29H23N3O3. The maximum absolute atomic E-state index is 12.8. The second kappa shape index (κ2) is 8.40. The van der Waals surface area contributed by atoms with Crippen molar-refractivity contribution < 1.29 is 9.72 Å². The summed E-state index contributed by atoms with van der Waals surface area (Å²) < 4.78 is 0. The Balaban J connectivity index is 1.31. The van der Waals surface area contributed by atoms with Gasteiger partial charge in [0.05, 0.1) is 11.0 Å². The highest BCUT2D eigenvalue weighted by molar-refractivity contribution is 6.04. The van der Waals surface area contributed by atoms with Gasteiger partial charge in [-0.15, -0.1) is 0 Å². The number of nitrogens with zero attached hydrogens (tertiary/aromatic N) is 1. The first kappa shape index (κ1) is 21.1. The van der Waals surface area contributed by atoms with Gasteiger partial charge in [0.2, 0.25) is 0 Å². The van der Waals surface area contributed by atoms with Crippen LogP contribution < -0.4 is 10.6 Å². The molecule has 1 heterocycles. The minimum atomic E-state index is -0.501. The summed E-state index contributed by atoms with van der Waals surface area (Å²) in [5, 5.41) is 20.3. The molecule has 0 saturated carbocycles. The molecule has 1 aliphatic carbocycles. The van der Waals surface area contributed by atoms with Crippen LogP contribution >= 0.6 is 0 Å². The van der Waals surface area contributed by atoms with Gasteiger partial charge in [0.25, 0.3) is 11.6 Å². The predicted octanol–water partition coefficient (Wildman–Crippen LogP) is 6.83. The van der Waals surface area contributed by atoms with Crippen LogP contribution in [-0.4, -0.2) is 10.8 Å². The number of carbonyl (C=O) groups excluding carboxylic acids is 1. The molecule has 4 aromatic carbocycles. The number of rotatable bonds is 4. The van der Waals surface area contributed by atoms with Gasteiger partial charge in [-0.25, -0.2) is 0 Å². The molecular weight excluding hydrogens is 438 g/mol. The van der Waals surface area contributed by atoms with Crippen molar-refractivity contribution in [3.63, 3.8) is 0 Å². The molecule has 35 heavy (non-hydrogen) atoms. The zero-order valence-corrected chi connectivity index (χ0v) is 18.8. The minimum absolute atomic E-state index is 0.0957. The van der Waals surface area contributed by atoms with E-state index >= 15 is 0 Å². The molecule has 0 fully saturated rings. The first-order chi connectivity index (χ1) is 17.1. The summed E-state index contributed by atoms with van der Waals surface area (Å²) in [6.45, 7) is 0. The van der Waals surface area contributed by atoms with Gasteiger partial charge in [-0.1, -0.05) is 60.7 Å². The van der Waals surface area contributed by atoms with Crippen molar-refractivity contribution in [1.29, 1.82) is 0 Å². The molecule has 0 aromatic heterocycles. The smallest absolute Gasteiger partial charge is 0.270 e. The molecule has 6 rings (SSSR count). The lowest BCUT2D eigenvalue weighted by Crippen LogP contribution is -2.29. The van der Waals surface area contributed by atoms with Crippen LogP contribution in [0.4, 0.5) is 17.1 Å². The van der Waals surface area contributed by atoms with Gasteiger partial charge in [0, 0.05) is 35.0 Å². The number of fused-ring (bicyclic) bond motifs is 5. The standard InChI is InChI=1S/C29H23N3O3/c33-29(20-8-4-10-22(17-20)32(34)35)30-21-9-3-7-19(16-21)28-25-13-5-12-24(25)27-23-11-2-1-6-18(23)14-15-26(27)31-28/h1-12,14-17,24-25,28,31H,13H2,(H,30,33)/t24-,25+,28-/m0/s1. The van der Waals surface area contributed by atoms with Crippen molar-refractivity contribution in [2.75, 3.05) is 10.6 Å². The van der Waals surface area contributed by atoms with Gasteiger partial charge in [-0.3, -0.25) is 14.9 Å². The van der Waals surface area contributed by atoms with Crippen molar-refractivity contribution in [3.05, 3.63) is 124 Å². The van der Waals surface area contributed by atoms with E-state index in [1.165, 1.54) is 34.5 Å². The molecule has 6 heteroatoms. The summed E-state index contributed by atoms with van der Waals surface area (Å²) in [4.78, 5) is 23.4. The van der Waals surface area contributed by atoms with E-state index in [2.05, 4.69) is 65.3 Å². The zero-order chi connectivity index (χ0) is 23.9. The molecule has 1 aliphatic heterocycles. The lowest BCUT2D eigenvalue weighted by molar-refractivity contribution is -0.384. The molecule has 172 valence electrons. The van der Waals surface area contributed by atoms with Crippen molar-refractivity contribution in [3.8, 4) is 0 Å². The molecule has 6 nitrogen and oxygen atoms in total. The number of carbonyl (C=O) groups is 1. The molecule has 2 aliphatic rings. The average Bonchev–Trinajstić information content (AvgIpc) is 3.38. The number of nitrogens with one attached hydrogen (secondary N) is 2. The van der Waals surface area contributed by atoms with Gasteiger partial charge in [-0.05, 0) is 58.5 Å². The zero-order valence-electron chi connectivity index (χ0n) is 18.8. The van der Waals surface area contributed by atoms with E-state index < -0.39 is 4.92 Å². The number of hydrogen-bond donors (Lipinski definition) is 2. The lowest BCUT2D eigenvalue weighted by Gasteiger charge is -2.38. The highest BCUT2D eigenvalue weighted by atomic mass is 16.6. The number of anilines is 2. The van der Waals surface area contributed by atoms with E-state index in [0.29, 0.717) is 17.5 Å². The number of nitro groups is 1. The summed E-state index contributed by atoms with van der Waals surface area (Å²) in [6, 6.07) is 26.6. The number of amides is 1. The number of allylic oxidation sites excluding steroid dienone is 2. The largest absolute Gasteiger partial charge is 0.378 e. The molecule has 0 radical (unpaired) electrons. The average molecular weight is 462 g/mol. The SMILES string of the molecule is O=C(Nc1cccc([C@@H]2Nc3ccc4ccccc4c3[C@H]3C=CC[C@H]32)c1)c1cccc([N+](=O)[O-])c1. The Morgan fingerprint density at radius 2 is 1.83 bits per heavy atom. The normalized spacial score (nSPS) is 20.1. The molecule has 0 saturated heterocycles. The molecule has 1 amide bonds. The second-order valence-corrected chi connectivity index (χ2v) is 9.11. The van der Waals surface area contributed by atoms with E-state index in [1.807, 2.05) is 18.2 Å². The third-order valence-electron chi connectivity index (χ3n) is 7.08. The van der Waals surface area contributed by atoms with Crippen LogP contribution in [0.3, 0.4) is 0 Å². The van der Waals surface area contributed by atoms with Crippen LogP contribution in [-0.2, 0) is 0 Å². The van der Waals surface area contributed by atoms with E-state index in [9.17, 15) is 14.9 Å². The third kappa shape index (κ3) is 3.73. The summed E-state index contributed by atoms with van der Waals surface area (Å²) in [5.41, 5.74) is 4.40. The molecule has 4 aromatic rings. The van der Waals surface area contributed by atoms with Gasteiger partial charge in [-0.2, -0.15) is 0 Å². The number of nitro benzene ring substituents is 1. The van der Waals surface area contributed by atoms with E-state index in [-0.39, 0.29) is 23.2 Å². The topological polar surface area (TPSA) is 84.3 Å². The fourth-order valence-electron chi connectivity index (χ4n) is 5.48. The quantitative estimate of drug-likeness (QED) is 0.198. The summed E-state index contributed by atoms with van der Waals surface area (Å²) in [6.07, 6.45) is 5.59.